The second-order valence-corrected chi connectivity index (χ2v) is 5.33. The molecule has 0 aromatic heterocycles. The number of amides is 2. The molecule has 5 heteroatoms. The van der Waals surface area contributed by atoms with Gasteiger partial charge in [-0.2, -0.15) is 0 Å². The van der Waals surface area contributed by atoms with E-state index in [1.807, 2.05) is 30.3 Å². The van der Waals surface area contributed by atoms with Crippen LogP contribution in [-0.4, -0.2) is 38.0 Å². The lowest BCUT2D eigenvalue weighted by atomic mass is 9.97. The minimum Gasteiger partial charge on any atom is -0.354 e. The molecule has 0 saturated carbocycles. The summed E-state index contributed by atoms with van der Waals surface area (Å²) >= 11 is 0. The van der Waals surface area contributed by atoms with E-state index in [0.29, 0.717) is 6.54 Å². The number of carbonyl (C=O) groups is 2. The van der Waals surface area contributed by atoms with Gasteiger partial charge in [-0.3, -0.25) is 9.59 Å². The highest BCUT2D eigenvalue weighted by Crippen LogP contribution is 2.10. The van der Waals surface area contributed by atoms with Crippen LogP contribution in [0.5, 0.6) is 0 Å². The molecule has 1 aromatic rings. The van der Waals surface area contributed by atoms with Crippen LogP contribution in [-0.2, 0) is 16.0 Å². The first-order chi connectivity index (χ1) is 10.3. The summed E-state index contributed by atoms with van der Waals surface area (Å²) in [5.41, 5.74) is 1.19. The molecule has 0 atom stereocenters. The summed E-state index contributed by atoms with van der Waals surface area (Å²) in [6, 6.07) is 10.0. The molecule has 0 radical (unpaired) electrons. The Labute approximate surface area is 125 Å². The van der Waals surface area contributed by atoms with E-state index in [2.05, 4.69) is 16.0 Å². The van der Waals surface area contributed by atoms with Crippen molar-refractivity contribution in [2.24, 2.45) is 5.92 Å². The average Bonchev–Trinajstić information content (AvgIpc) is 2.54. The zero-order valence-electron chi connectivity index (χ0n) is 12.2. The van der Waals surface area contributed by atoms with Crippen molar-refractivity contribution in [3.8, 4) is 0 Å². The van der Waals surface area contributed by atoms with E-state index in [9.17, 15) is 9.59 Å². The Kier molecular flexibility index (Phi) is 6.22. The zero-order chi connectivity index (χ0) is 14.9. The normalized spacial score (nSPS) is 15.4. The van der Waals surface area contributed by atoms with Crippen LogP contribution in [0.1, 0.15) is 18.4 Å². The number of benzene rings is 1. The highest BCUT2D eigenvalue weighted by Gasteiger charge is 2.20. The van der Waals surface area contributed by atoms with Gasteiger partial charge in [0, 0.05) is 12.5 Å². The van der Waals surface area contributed by atoms with Crippen molar-refractivity contribution in [3.63, 3.8) is 0 Å². The Hall–Kier alpha value is -1.88. The molecule has 0 unspecified atom stereocenters. The van der Waals surface area contributed by atoms with Gasteiger partial charge in [0.05, 0.1) is 6.54 Å². The highest BCUT2D eigenvalue weighted by atomic mass is 16.2. The average molecular weight is 289 g/mol. The zero-order valence-corrected chi connectivity index (χ0v) is 12.2. The van der Waals surface area contributed by atoms with Gasteiger partial charge in [-0.25, -0.2) is 0 Å². The lowest BCUT2D eigenvalue weighted by molar-refractivity contribution is -0.129. The third kappa shape index (κ3) is 5.55. The monoisotopic (exact) mass is 289 g/mol. The first-order valence-corrected chi connectivity index (χ1v) is 7.55. The molecule has 0 spiro atoms. The van der Waals surface area contributed by atoms with Gasteiger partial charge in [0.15, 0.2) is 0 Å². The molecule has 1 aromatic carbocycles. The van der Waals surface area contributed by atoms with Gasteiger partial charge in [-0.05, 0) is 37.9 Å². The van der Waals surface area contributed by atoms with Crippen molar-refractivity contribution in [2.45, 2.75) is 19.3 Å². The molecule has 114 valence electrons. The predicted molar refractivity (Wildman–Crippen MR) is 81.8 cm³/mol. The summed E-state index contributed by atoms with van der Waals surface area (Å²) in [6.07, 6.45) is 2.50. The number of rotatable bonds is 6. The van der Waals surface area contributed by atoms with Crippen LogP contribution in [0.2, 0.25) is 0 Å². The molecule has 2 rings (SSSR count). The van der Waals surface area contributed by atoms with Crippen molar-refractivity contribution in [1.29, 1.82) is 0 Å². The van der Waals surface area contributed by atoms with Crippen LogP contribution in [0.4, 0.5) is 0 Å². The van der Waals surface area contributed by atoms with Crippen LogP contribution in [0.15, 0.2) is 30.3 Å². The van der Waals surface area contributed by atoms with Crippen molar-refractivity contribution in [3.05, 3.63) is 35.9 Å². The maximum Gasteiger partial charge on any atom is 0.239 e. The fraction of sp³-hybridized carbons (Fsp3) is 0.500. The quantitative estimate of drug-likeness (QED) is 0.712. The Morgan fingerprint density at radius 3 is 2.52 bits per heavy atom. The van der Waals surface area contributed by atoms with Gasteiger partial charge < -0.3 is 16.0 Å². The molecule has 21 heavy (non-hydrogen) atoms. The third-order valence-corrected chi connectivity index (χ3v) is 3.71. The van der Waals surface area contributed by atoms with E-state index in [-0.39, 0.29) is 24.3 Å². The first kappa shape index (κ1) is 15.5. The second-order valence-electron chi connectivity index (χ2n) is 5.33. The molecule has 1 saturated heterocycles. The first-order valence-electron chi connectivity index (χ1n) is 7.55. The molecule has 1 heterocycles. The highest BCUT2D eigenvalue weighted by molar-refractivity contribution is 5.85. The number of hydrogen-bond donors (Lipinski definition) is 3. The number of hydrogen-bond acceptors (Lipinski definition) is 3. The summed E-state index contributed by atoms with van der Waals surface area (Å²) in [7, 11) is 0. The minimum absolute atomic E-state index is 0.00490. The molecule has 0 bridgehead atoms. The maximum atomic E-state index is 11.9. The molecule has 1 aliphatic heterocycles. The molecule has 2 amide bonds. The topological polar surface area (TPSA) is 70.2 Å². The SMILES string of the molecule is O=C(CNC(=O)C1CCNCC1)NCCc1ccccc1. The van der Waals surface area contributed by atoms with E-state index < -0.39 is 0 Å². The van der Waals surface area contributed by atoms with E-state index >= 15 is 0 Å². The summed E-state index contributed by atoms with van der Waals surface area (Å²) in [5.74, 6) is -0.0914. The number of piperidine rings is 1. The van der Waals surface area contributed by atoms with Crippen molar-refractivity contribution in [2.75, 3.05) is 26.2 Å². The Morgan fingerprint density at radius 1 is 1.10 bits per heavy atom. The van der Waals surface area contributed by atoms with Gasteiger partial charge in [0.2, 0.25) is 11.8 Å². The van der Waals surface area contributed by atoms with Crippen LogP contribution < -0.4 is 16.0 Å². The summed E-state index contributed by atoms with van der Waals surface area (Å²) in [5, 5.41) is 8.76. The molecule has 1 fully saturated rings. The molecule has 0 aliphatic carbocycles. The van der Waals surface area contributed by atoms with Gasteiger partial charge in [0.25, 0.3) is 0 Å². The minimum atomic E-state index is -0.131. The lowest BCUT2D eigenvalue weighted by Crippen LogP contribution is -2.42. The molecule has 3 N–H and O–H groups in total. The van der Waals surface area contributed by atoms with Gasteiger partial charge in [-0.1, -0.05) is 30.3 Å². The molecular formula is C16H23N3O2. The fourth-order valence-electron chi connectivity index (χ4n) is 2.45. The number of carbonyl (C=O) groups excluding carboxylic acids is 2. The molecule has 5 nitrogen and oxygen atoms in total. The van der Waals surface area contributed by atoms with Gasteiger partial charge in [0.1, 0.15) is 0 Å². The van der Waals surface area contributed by atoms with Crippen molar-refractivity contribution in [1.82, 2.24) is 16.0 Å². The smallest absolute Gasteiger partial charge is 0.239 e. The third-order valence-electron chi connectivity index (χ3n) is 3.71. The van der Waals surface area contributed by atoms with Crippen molar-refractivity contribution >= 4 is 11.8 Å². The largest absolute Gasteiger partial charge is 0.354 e. The molecular weight excluding hydrogens is 266 g/mol. The van der Waals surface area contributed by atoms with Crippen LogP contribution in [0.3, 0.4) is 0 Å². The lowest BCUT2D eigenvalue weighted by Gasteiger charge is -2.21. The predicted octanol–water partition coefficient (Wildman–Crippen LogP) is 0.461. The Balaban J connectivity index is 1.60. The number of nitrogens with one attached hydrogen (secondary N) is 3. The second kappa shape index (κ2) is 8.42. The van der Waals surface area contributed by atoms with E-state index in [1.165, 1.54) is 5.56 Å². The van der Waals surface area contributed by atoms with E-state index in [4.69, 9.17) is 0 Å². The van der Waals surface area contributed by atoms with E-state index in [0.717, 1.165) is 32.4 Å². The van der Waals surface area contributed by atoms with Gasteiger partial charge in [-0.15, -0.1) is 0 Å². The fourth-order valence-corrected chi connectivity index (χ4v) is 2.45. The summed E-state index contributed by atoms with van der Waals surface area (Å²) < 4.78 is 0. The Bertz CT molecular complexity index is 456. The van der Waals surface area contributed by atoms with Crippen LogP contribution >= 0.6 is 0 Å². The van der Waals surface area contributed by atoms with Gasteiger partial charge >= 0.3 is 0 Å². The summed E-state index contributed by atoms with van der Waals surface area (Å²) in [6.45, 7) is 2.41. The van der Waals surface area contributed by atoms with Crippen molar-refractivity contribution < 1.29 is 9.59 Å². The summed E-state index contributed by atoms with van der Waals surface area (Å²) in [4.78, 5) is 23.6. The molecule has 1 aliphatic rings. The van der Waals surface area contributed by atoms with Crippen LogP contribution in [0, 0.1) is 5.92 Å². The van der Waals surface area contributed by atoms with Crippen LogP contribution in [0.25, 0.3) is 0 Å². The standard InChI is InChI=1S/C16H23N3O2/c20-15(18-11-6-13-4-2-1-3-5-13)12-19-16(21)14-7-9-17-10-8-14/h1-5,14,17H,6-12H2,(H,18,20)(H,19,21). The Morgan fingerprint density at radius 2 is 1.81 bits per heavy atom. The van der Waals surface area contributed by atoms with E-state index in [1.54, 1.807) is 0 Å². The maximum absolute atomic E-state index is 11.9.